The van der Waals surface area contributed by atoms with Crippen LogP contribution in [0.15, 0.2) is 23.9 Å². The second-order valence-corrected chi connectivity index (χ2v) is 2.95. The average Bonchev–Trinajstić information content (AvgIpc) is 2.22. The molecule has 0 aromatic rings. The Bertz CT molecular complexity index is 234. The van der Waals surface area contributed by atoms with Gasteiger partial charge in [0.15, 0.2) is 0 Å². The Labute approximate surface area is 85.2 Å². The van der Waals surface area contributed by atoms with Crippen molar-refractivity contribution in [3.63, 3.8) is 0 Å². The summed E-state index contributed by atoms with van der Waals surface area (Å²) in [5, 5.41) is 3.07. The van der Waals surface area contributed by atoms with Crippen LogP contribution in [0, 0.1) is 0 Å². The Morgan fingerprint density at radius 3 is 2.64 bits per heavy atom. The van der Waals surface area contributed by atoms with Gasteiger partial charge in [-0.25, -0.2) is 5.84 Å². The summed E-state index contributed by atoms with van der Waals surface area (Å²) in [6.45, 7) is 5.73. The zero-order valence-corrected chi connectivity index (χ0v) is 9.00. The van der Waals surface area contributed by atoms with Crippen LogP contribution >= 0.6 is 0 Å². The molecule has 80 valence electrons. The SMILES string of the molecule is C/C=C\C=C(/CC)NC(C)C(=O)NN. The third kappa shape index (κ3) is 4.67. The van der Waals surface area contributed by atoms with E-state index in [4.69, 9.17) is 5.84 Å². The van der Waals surface area contributed by atoms with Crippen molar-refractivity contribution in [3.05, 3.63) is 23.9 Å². The van der Waals surface area contributed by atoms with Gasteiger partial charge in [-0.1, -0.05) is 19.1 Å². The van der Waals surface area contributed by atoms with E-state index in [1.807, 2.05) is 32.1 Å². The van der Waals surface area contributed by atoms with Gasteiger partial charge in [-0.15, -0.1) is 0 Å². The van der Waals surface area contributed by atoms with Crippen LogP contribution in [0.5, 0.6) is 0 Å². The minimum absolute atomic E-state index is 0.218. The fourth-order valence-corrected chi connectivity index (χ4v) is 0.949. The molecule has 0 radical (unpaired) electrons. The molecule has 0 aromatic carbocycles. The molecule has 0 bridgehead atoms. The van der Waals surface area contributed by atoms with Gasteiger partial charge in [0, 0.05) is 5.70 Å². The first-order valence-electron chi connectivity index (χ1n) is 4.74. The predicted octanol–water partition coefficient (Wildman–Crippen LogP) is 0.824. The van der Waals surface area contributed by atoms with Gasteiger partial charge in [0.05, 0.1) is 0 Å². The lowest BCUT2D eigenvalue weighted by molar-refractivity contribution is -0.122. The summed E-state index contributed by atoms with van der Waals surface area (Å²) in [5.74, 6) is 4.80. The summed E-state index contributed by atoms with van der Waals surface area (Å²) in [7, 11) is 0. The number of nitrogens with one attached hydrogen (secondary N) is 2. The molecule has 4 nitrogen and oxygen atoms in total. The highest BCUT2D eigenvalue weighted by atomic mass is 16.2. The van der Waals surface area contributed by atoms with E-state index < -0.39 is 0 Å². The molecule has 0 saturated heterocycles. The molecule has 4 heteroatoms. The molecule has 1 atom stereocenters. The number of allylic oxidation sites excluding steroid dienone is 4. The van der Waals surface area contributed by atoms with Gasteiger partial charge in [-0.2, -0.15) is 0 Å². The molecule has 14 heavy (non-hydrogen) atoms. The largest absolute Gasteiger partial charge is 0.377 e. The average molecular weight is 197 g/mol. The maximum atomic E-state index is 11.1. The van der Waals surface area contributed by atoms with E-state index in [2.05, 4.69) is 10.7 Å². The number of nitrogens with two attached hydrogens (primary N) is 1. The third-order valence-corrected chi connectivity index (χ3v) is 1.81. The quantitative estimate of drug-likeness (QED) is 0.264. The maximum absolute atomic E-state index is 11.1. The second-order valence-electron chi connectivity index (χ2n) is 2.95. The summed E-state index contributed by atoms with van der Waals surface area (Å²) in [6, 6.07) is -0.309. The lowest BCUT2D eigenvalue weighted by Crippen LogP contribution is -2.44. The summed E-state index contributed by atoms with van der Waals surface area (Å²) in [5.41, 5.74) is 3.12. The van der Waals surface area contributed by atoms with Gasteiger partial charge in [0.1, 0.15) is 6.04 Å². The maximum Gasteiger partial charge on any atom is 0.256 e. The van der Waals surface area contributed by atoms with Crippen LogP contribution in [0.25, 0.3) is 0 Å². The minimum Gasteiger partial charge on any atom is -0.377 e. The van der Waals surface area contributed by atoms with Gasteiger partial charge in [0.2, 0.25) is 0 Å². The third-order valence-electron chi connectivity index (χ3n) is 1.81. The van der Waals surface area contributed by atoms with Crippen molar-refractivity contribution in [2.75, 3.05) is 0 Å². The molecule has 0 heterocycles. The Kier molecular flexibility index (Phi) is 6.49. The molecule has 1 amide bonds. The van der Waals surface area contributed by atoms with Crippen molar-refractivity contribution in [3.8, 4) is 0 Å². The van der Waals surface area contributed by atoms with Crippen LogP contribution in [0.2, 0.25) is 0 Å². The van der Waals surface area contributed by atoms with E-state index in [-0.39, 0.29) is 11.9 Å². The van der Waals surface area contributed by atoms with E-state index in [1.165, 1.54) is 0 Å². The first kappa shape index (κ1) is 12.7. The van der Waals surface area contributed by atoms with Crippen molar-refractivity contribution in [1.82, 2.24) is 10.7 Å². The van der Waals surface area contributed by atoms with Gasteiger partial charge >= 0.3 is 0 Å². The highest BCUT2D eigenvalue weighted by Gasteiger charge is 2.10. The molecule has 0 aromatic heterocycles. The Morgan fingerprint density at radius 1 is 1.57 bits per heavy atom. The van der Waals surface area contributed by atoms with Crippen LogP contribution < -0.4 is 16.6 Å². The van der Waals surface area contributed by atoms with Crippen LogP contribution in [0.4, 0.5) is 0 Å². The molecule has 0 aliphatic heterocycles. The lowest BCUT2D eigenvalue weighted by Gasteiger charge is -2.14. The van der Waals surface area contributed by atoms with E-state index in [0.29, 0.717) is 0 Å². The summed E-state index contributed by atoms with van der Waals surface area (Å²) >= 11 is 0. The van der Waals surface area contributed by atoms with Crippen LogP contribution in [-0.4, -0.2) is 11.9 Å². The summed E-state index contributed by atoms with van der Waals surface area (Å²) in [6.07, 6.45) is 6.66. The number of hydrazine groups is 1. The summed E-state index contributed by atoms with van der Waals surface area (Å²) in [4.78, 5) is 11.1. The van der Waals surface area contributed by atoms with Crippen molar-refractivity contribution in [2.45, 2.75) is 33.2 Å². The van der Waals surface area contributed by atoms with Crippen molar-refractivity contribution >= 4 is 5.91 Å². The zero-order valence-electron chi connectivity index (χ0n) is 9.00. The number of rotatable bonds is 5. The number of hydrogen-bond acceptors (Lipinski definition) is 3. The fraction of sp³-hybridized carbons (Fsp3) is 0.500. The molecule has 0 fully saturated rings. The van der Waals surface area contributed by atoms with Crippen molar-refractivity contribution < 1.29 is 4.79 Å². The fourth-order valence-electron chi connectivity index (χ4n) is 0.949. The lowest BCUT2D eigenvalue weighted by atomic mass is 10.2. The molecule has 4 N–H and O–H groups in total. The first-order valence-corrected chi connectivity index (χ1v) is 4.74. The molecule has 0 aliphatic rings. The normalized spacial score (nSPS) is 14.1. The summed E-state index contributed by atoms with van der Waals surface area (Å²) < 4.78 is 0. The van der Waals surface area contributed by atoms with Crippen LogP contribution in [-0.2, 0) is 4.79 Å². The van der Waals surface area contributed by atoms with E-state index in [9.17, 15) is 4.79 Å². The second kappa shape index (κ2) is 7.15. The Morgan fingerprint density at radius 2 is 2.21 bits per heavy atom. The van der Waals surface area contributed by atoms with Gasteiger partial charge in [0.25, 0.3) is 5.91 Å². The Hall–Kier alpha value is -1.29. The van der Waals surface area contributed by atoms with E-state index in [1.54, 1.807) is 6.92 Å². The van der Waals surface area contributed by atoms with Crippen LogP contribution in [0.1, 0.15) is 27.2 Å². The number of hydrogen-bond donors (Lipinski definition) is 3. The van der Waals surface area contributed by atoms with E-state index >= 15 is 0 Å². The number of carbonyl (C=O) groups is 1. The van der Waals surface area contributed by atoms with Gasteiger partial charge in [-0.3, -0.25) is 10.2 Å². The molecule has 0 saturated carbocycles. The van der Waals surface area contributed by atoms with Crippen molar-refractivity contribution in [1.29, 1.82) is 0 Å². The van der Waals surface area contributed by atoms with Crippen LogP contribution in [0.3, 0.4) is 0 Å². The number of carbonyl (C=O) groups excluding carboxylic acids is 1. The highest BCUT2D eigenvalue weighted by Crippen LogP contribution is 1.98. The van der Waals surface area contributed by atoms with Gasteiger partial charge in [-0.05, 0) is 26.3 Å². The minimum atomic E-state index is -0.309. The smallest absolute Gasteiger partial charge is 0.256 e. The van der Waals surface area contributed by atoms with E-state index in [0.717, 1.165) is 12.1 Å². The van der Waals surface area contributed by atoms with Gasteiger partial charge < -0.3 is 5.32 Å². The molecule has 0 spiro atoms. The standard InChI is InChI=1S/C10H19N3O/c1-4-6-7-9(5-2)12-8(3)10(14)13-11/h4,6-8,12H,5,11H2,1-3H3,(H,13,14)/b6-4-,9-7+. The predicted molar refractivity (Wildman–Crippen MR) is 58.1 cm³/mol. The first-order chi connectivity index (χ1) is 6.65. The zero-order chi connectivity index (χ0) is 11.0. The monoisotopic (exact) mass is 197 g/mol. The molecular formula is C10H19N3O. The molecular weight excluding hydrogens is 178 g/mol. The highest BCUT2D eigenvalue weighted by molar-refractivity contribution is 5.80. The van der Waals surface area contributed by atoms with Crippen molar-refractivity contribution in [2.24, 2.45) is 5.84 Å². The molecule has 0 aliphatic carbocycles. The number of amides is 1. The molecule has 0 rings (SSSR count). The topological polar surface area (TPSA) is 67.2 Å². The Balaban J connectivity index is 4.24. The molecule has 1 unspecified atom stereocenters.